The standard InChI is InChI=1S/C7H14N2O.C5H5NO/c8-9-7(10)6-4-2-1-3-5-6;7-5-3-1-2-4-6-5/h6H,1-5,8H2,(H,9,10);1-4H,(H,6,7). The van der Waals surface area contributed by atoms with Crippen LogP contribution in [-0.4, -0.2) is 10.9 Å². The van der Waals surface area contributed by atoms with E-state index in [0.717, 1.165) is 12.8 Å². The van der Waals surface area contributed by atoms with Gasteiger partial charge in [-0.25, -0.2) is 5.84 Å². The molecule has 1 heterocycles. The minimum absolute atomic E-state index is 0.0136. The number of aromatic amines is 1. The predicted octanol–water partition coefficient (Wildman–Crippen LogP) is 0.931. The Kier molecular flexibility index (Phi) is 6.03. The van der Waals surface area contributed by atoms with Crippen molar-refractivity contribution in [3.8, 4) is 0 Å². The second-order valence-electron chi connectivity index (χ2n) is 4.07. The average molecular weight is 237 g/mol. The zero-order valence-electron chi connectivity index (χ0n) is 9.82. The summed E-state index contributed by atoms with van der Waals surface area (Å²) in [4.78, 5) is 23.6. The SMILES string of the molecule is NNC(=O)C1CCCCC1.O=c1cccc[nH]1. The molecule has 0 unspecified atom stereocenters. The lowest BCUT2D eigenvalue weighted by molar-refractivity contribution is -0.125. The molecule has 1 fully saturated rings. The molecule has 1 aliphatic carbocycles. The van der Waals surface area contributed by atoms with E-state index in [4.69, 9.17) is 5.84 Å². The Morgan fingerprint density at radius 2 is 2.00 bits per heavy atom. The number of hydrogen-bond acceptors (Lipinski definition) is 3. The van der Waals surface area contributed by atoms with Gasteiger partial charge in [0.1, 0.15) is 0 Å². The van der Waals surface area contributed by atoms with Crippen molar-refractivity contribution >= 4 is 5.91 Å². The number of carbonyl (C=O) groups is 1. The number of H-pyrrole nitrogens is 1. The van der Waals surface area contributed by atoms with Crippen LogP contribution in [0, 0.1) is 5.92 Å². The van der Waals surface area contributed by atoms with E-state index in [1.165, 1.54) is 25.3 Å². The summed E-state index contributed by atoms with van der Waals surface area (Å²) in [6.45, 7) is 0. The lowest BCUT2D eigenvalue weighted by atomic mass is 9.89. The summed E-state index contributed by atoms with van der Waals surface area (Å²) in [6.07, 6.45) is 7.26. The van der Waals surface area contributed by atoms with Gasteiger partial charge < -0.3 is 4.98 Å². The topological polar surface area (TPSA) is 88.0 Å². The molecule has 0 aromatic carbocycles. The van der Waals surface area contributed by atoms with Gasteiger partial charge in [0.25, 0.3) is 0 Å². The Bertz CT molecular complexity index is 366. The number of rotatable bonds is 1. The first-order chi connectivity index (χ1) is 8.24. The van der Waals surface area contributed by atoms with E-state index >= 15 is 0 Å². The summed E-state index contributed by atoms with van der Waals surface area (Å²) < 4.78 is 0. The lowest BCUT2D eigenvalue weighted by Gasteiger charge is -2.19. The van der Waals surface area contributed by atoms with Crippen LogP contribution in [0.15, 0.2) is 29.2 Å². The molecule has 1 aromatic heterocycles. The van der Waals surface area contributed by atoms with Crippen molar-refractivity contribution in [2.24, 2.45) is 11.8 Å². The second kappa shape index (κ2) is 7.62. The number of nitrogens with two attached hydrogens (primary N) is 1. The number of amides is 1. The highest BCUT2D eigenvalue weighted by Gasteiger charge is 2.19. The fourth-order valence-corrected chi connectivity index (χ4v) is 1.86. The average Bonchev–Trinajstić information content (AvgIpc) is 2.40. The summed E-state index contributed by atoms with van der Waals surface area (Å²) in [7, 11) is 0. The van der Waals surface area contributed by atoms with Crippen molar-refractivity contribution in [3.63, 3.8) is 0 Å². The van der Waals surface area contributed by atoms with Gasteiger partial charge in [-0.05, 0) is 18.9 Å². The molecule has 0 radical (unpaired) electrons. The summed E-state index contributed by atoms with van der Waals surface area (Å²) >= 11 is 0. The Morgan fingerprint density at radius 1 is 1.29 bits per heavy atom. The van der Waals surface area contributed by atoms with Gasteiger partial charge in [0, 0.05) is 18.2 Å². The van der Waals surface area contributed by atoms with Crippen LogP contribution in [0.5, 0.6) is 0 Å². The van der Waals surface area contributed by atoms with Gasteiger partial charge in [0.15, 0.2) is 0 Å². The third-order valence-electron chi connectivity index (χ3n) is 2.80. The quantitative estimate of drug-likeness (QED) is 0.386. The first-order valence-corrected chi connectivity index (χ1v) is 5.88. The first-order valence-electron chi connectivity index (χ1n) is 5.88. The summed E-state index contributed by atoms with van der Waals surface area (Å²) in [5.41, 5.74) is 2.14. The van der Waals surface area contributed by atoms with Crippen LogP contribution in [0.25, 0.3) is 0 Å². The molecule has 5 nitrogen and oxygen atoms in total. The van der Waals surface area contributed by atoms with Crippen LogP contribution < -0.4 is 16.8 Å². The molecule has 17 heavy (non-hydrogen) atoms. The van der Waals surface area contributed by atoms with E-state index in [1.54, 1.807) is 18.3 Å². The predicted molar refractivity (Wildman–Crippen MR) is 66.0 cm³/mol. The van der Waals surface area contributed by atoms with Gasteiger partial charge in [0.2, 0.25) is 11.5 Å². The van der Waals surface area contributed by atoms with E-state index < -0.39 is 0 Å². The smallest absolute Gasteiger partial charge is 0.247 e. The van der Waals surface area contributed by atoms with Gasteiger partial charge >= 0.3 is 0 Å². The normalized spacial score (nSPS) is 15.6. The third-order valence-corrected chi connectivity index (χ3v) is 2.80. The van der Waals surface area contributed by atoms with Crippen LogP contribution in [0.4, 0.5) is 0 Å². The largest absolute Gasteiger partial charge is 0.329 e. The molecule has 5 heteroatoms. The van der Waals surface area contributed by atoms with Crippen LogP contribution in [0.3, 0.4) is 0 Å². The fourth-order valence-electron chi connectivity index (χ4n) is 1.86. The fraction of sp³-hybridized carbons (Fsp3) is 0.500. The molecular formula is C12H19N3O2. The molecule has 1 aliphatic rings. The minimum atomic E-state index is -0.0532. The molecule has 94 valence electrons. The van der Waals surface area contributed by atoms with Crippen molar-refractivity contribution in [1.29, 1.82) is 0 Å². The molecule has 2 rings (SSSR count). The van der Waals surface area contributed by atoms with Gasteiger partial charge in [-0.3, -0.25) is 15.0 Å². The Balaban J connectivity index is 0.000000181. The second-order valence-corrected chi connectivity index (χ2v) is 4.07. The molecule has 0 aliphatic heterocycles. The number of aromatic nitrogens is 1. The van der Waals surface area contributed by atoms with E-state index in [9.17, 15) is 9.59 Å². The molecule has 1 aromatic rings. The first kappa shape index (κ1) is 13.4. The maximum absolute atomic E-state index is 10.9. The van der Waals surface area contributed by atoms with Crippen LogP contribution in [-0.2, 0) is 4.79 Å². The van der Waals surface area contributed by atoms with Crippen LogP contribution in [0.1, 0.15) is 32.1 Å². The number of hydrazine groups is 1. The minimum Gasteiger partial charge on any atom is -0.329 e. The molecule has 0 bridgehead atoms. The Labute approximate surface area is 100 Å². The Morgan fingerprint density at radius 3 is 2.41 bits per heavy atom. The number of hydrogen-bond donors (Lipinski definition) is 3. The van der Waals surface area contributed by atoms with Crippen LogP contribution in [0.2, 0.25) is 0 Å². The van der Waals surface area contributed by atoms with Crippen molar-refractivity contribution in [2.75, 3.05) is 0 Å². The highest BCUT2D eigenvalue weighted by atomic mass is 16.2. The van der Waals surface area contributed by atoms with Crippen molar-refractivity contribution in [2.45, 2.75) is 32.1 Å². The molecule has 0 spiro atoms. The summed E-state index contributed by atoms with van der Waals surface area (Å²) in [5, 5.41) is 0. The summed E-state index contributed by atoms with van der Waals surface area (Å²) in [5.74, 6) is 5.21. The van der Waals surface area contributed by atoms with E-state index in [1.807, 2.05) is 0 Å². The van der Waals surface area contributed by atoms with Gasteiger partial charge in [-0.2, -0.15) is 0 Å². The van der Waals surface area contributed by atoms with Gasteiger partial charge in [-0.1, -0.05) is 25.3 Å². The molecule has 1 amide bonds. The van der Waals surface area contributed by atoms with Crippen molar-refractivity contribution in [1.82, 2.24) is 10.4 Å². The maximum Gasteiger partial charge on any atom is 0.247 e. The highest BCUT2D eigenvalue weighted by molar-refractivity contribution is 5.77. The molecule has 1 saturated carbocycles. The maximum atomic E-state index is 10.9. The molecule has 0 atom stereocenters. The van der Waals surface area contributed by atoms with Gasteiger partial charge in [-0.15, -0.1) is 0 Å². The third kappa shape index (κ3) is 5.31. The van der Waals surface area contributed by atoms with Crippen molar-refractivity contribution in [3.05, 3.63) is 34.7 Å². The van der Waals surface area contributed by atoms with E-state index in [0.29, 0.717) is 0 Å². The number of nitrogens with one attached hydrogen (secondary N) is 2. The highest BCUT2D eigenvalue weighted by Crippen LogP contribution is 2.23. The number of carbonyl (C=O) groups excluding carboxylic acids is 1. The lowest BCUT2D eigenvalue weighted by Crippen LogP contribution is -2.36. The van der Waals surface area contributed by atoms with E-state index in [2.05, 4.69) is 10.4 Å². The molecule has 4 N–H and O–H groups in total. The zero-order valence-corrected chi connectivity index (χ0v) is 9.82. The zero-order chi connectivity index (χ0) is 12.5. The molecule has 0 saturated heterocycles. The summed E-state index contributed by atoms with van der Waals surface area (Å²) in [6, 6.07) is 4.93. The van der Waals surface area contributed by atoms with Crippen molar-refractivity contribution < 1.29 is 4.79 Å². The van der Waals surface area contributed by atoms with E-state index in [-0.39, 0.29) is 17.4 Å². The van der Waals surface area contributed by atoms with Crippen LogP contribution >= 0.6 is 0 Å². The molecular weight excluding hydrogens is 218 g/mol. The monoisotopic (exact) mass is 237 g/mol. The Hall–Kier alpha value is -1.62. The number of pyridine rings is 1. The van der Waals surface area contributed by atoms with Gasteiger partial charge in [0.05, 0.1) is 0 Å².